The summed E-state index contributed by atoms with van der Waals surface area (Å²) in [5.41, 5.74) is 1.77. The number of carbonyl (C=O) groups is 1. The van der Waals surface area contributed by atoms with E-state index in [-0.39, 0.29) is 17.3 Å². The van der Waals surface area contributed by atoms with Crippen molar-refractivity contribution >= 4 is 44.9 Å². The lowest BCUT2D eigenvalue weighted by Crippen LogP contribution is -2.38. The van der Waals surface area contributed by atoms with Crippen molar-refractivity contribution in [2.75, 3.05) is 17.2 Å². The molecule has 0 radical (unpaired) electrons. The third-order valence-corrected chi connectivity index (χ3v) is 5.90. The Labute approximate surface area is 141 Å². The first-order valence-corrected chi connectivity index (χ1v) is 9.15. The van der Waals surface area contributed by atoms with Gasteiger partial charge < -0.3 is 4.90 Å². The van der Waals surface area contributed by atoms with E-state index in [2.05, 4.69) is 0 Å². The maximum atomic E-state index is 12.8. The van der Waals surface area contributed by atoms with Crippen LogP contribution in [0.2, 0.25) is 0 Å². The monoisotopic (exact) mass is 342 g/mol. The number of rotatable bonds is 2. The quantitative estimate of drug-likeness (QED) is 0.718. The molecule has 4 rings (SSSR count). The number of nitrogens with zero attached hydrogens (tertiary/aromatic N) is 2. The smallest absolute Gasteiger partial charge is 0.308 e. The number of benzene rings is 2. The van der Waals surface area contributed by atoms with Gasteiger partial charge in [0, 0.05) is 17.2 Å². The van der Waals surface area contributed by atoms with Crippen molar-refractivity contribution in [2.45, 2.75) is 11.4 Å². The van der Waals surface area contributed by atoms with Crippen LogP contribution in [0.3, 0.4) is 0 Å². The number of hydrogen-bond donors (Lipinski definition) is 0. The highest BCUT2D eigenvalue weighted by Crippen LogP contribution is 2.34. The highest BCUT2D eigenvalue weighted by atomic mass is 32.2. The molecule has 116 valence electrons. The molecule has 0 unspecified atom stereocenters. The molecule has 1 aromatic heterocycles. The molecule has 0 fully saturated rings. The van der Waals surface area contributed by atoms with Gasteiger partial charge >= 0.3 is 4.87 Å². The fourth-order valence-corrected chi connectivity index (χ4v) is 4.70. The highest BCUT2D eigenvalue weighted by molar-refractivity contribution is 7.99. The molecular weight excluding hydrogens is 328 g/mol. The Kier molecular flexibility index (Phi) is 3.71. The van der Waals surface area contributed by atoms with Gasteiger partial charge in [-0.15, -0.1) is 11.8 Å². The lowest BCUT2D eigenvalue weighted by Gasteiger charge is -2.29. The molecule has 0 saturated carbocycles. The van der Waals surface area contributed by atoms with Gasteiger partial charge in [0.05, 0.1) is 15.9 Å². The van der Waals surface area contributed by atoms with Crippen LogP contribution in [-0.4, -0.2) is 22.8 Å². The van der Waals surface area contributed by atoms with Crippen LogP contribution in [0.5, 0.6) is 0 Å². The summed E-state index contributed by atoms with van der Waals surface area (Å²) in [7, 11) is 0. The fraction of sp³-hybridized carbons (Fsp3) is 0.176. The number of thiazole rings is 1. The molecule has 1 aliphatic heterocycles. The van der Waals surface area contributed by atoms with Gasteiger partial charge in [-0.25, -0.2) is 0 Å². The Balaban J connectivity index is 1.68. The fourth-order valence-electron chi connectivity index (χ4n) is 2.81. The number of para-hydroxylation sites is 2. The lowest BCUT2D eigenvalue weighted by atomic mass is 10.2. The second-order valence-electron chi connectivity index (χ2n) is 5.28. The van der Waals surface area contributed by atoms with Gasteiger partial charge in [-0.1, -0.05) is 35.6 Å². The molecule has 3 aromatic rings. The summed E-state index contributed by atoms with van der Waals surface area (Å²) in [6, 6.07) is 15.5. The van der Waals surface area contributed by atoms with Crippen LogP contribution in [0.15, 0.2) is 58.2 Å². The molecule has 0 bridgehead atoms. The van der Waals surface area contributed by atoms with Crippen molar-refractivity contribution in [2.24, 2.45) is 0 Å². The number of thioether (sulfide) groups is 1. The molecule has 1 aliphatic rings. The Hall–Kier alpha value is -2.05. The van der Waals surface area contributed by atoms with Crippen LogP contribution in [0.4, 0.5) is 5.69 Å². The van der Waals surface area contributed by atoms with Crippen LogP contribution >= 0.6 is 23.1 Å². The largest absolute Gasteiger partial charge is 0.309 e. The average molecular weight is 342 g/mol. The van der Waals surface area contributed by atoms with E-state index in [4.69, 9.17) is 0 Å². The van der Waals surface area contributed by atoms with Crippen molar-refractivity contribution in [3.63, 3.8) is 0 Å². The molecule has 0 atom stereocenters. The Morgan fingerprint density at radius 2 is 1.87 bits per heavy atom. The summed E-state index contributed by atoms with van der Waals surface area (Å²) in [4.78, 5) is 27.8. The van der Waals surface area contributed by atoms with Gasteiger partial charge in [0.15, 0.2) is 0 Å². The number of carbonyl (C=O) groups excluding carboxylic acids is 1. The second kappa shape index (κ2) is 5.86. The summed E-state index contributed by atoms with van der Waals surface area (Å²) in [5, 5.41) is 0. The highest BCUT2D eigenvalue weighted by Gasteiger charge is 2.23. The van der Waals surface area contributed by atoms with Gasteiger partial charge in [0.25, 0.3) is 0 Å². The van der Waals surface area contributed by atoms with Crippen LogP contribution < -0.4 is 9.77 Å². The van der Waals surface area contributed by atoms with Crippen LogP contribution in [-0.2, 0) is 11.3 Å². The zero-order chi connectivity index (χ0) is 15.8. The maximum absolute atomic E-state index is 12.8. The van der Waals surface area contributed by atoms with E-state index in [0.717, 1.165) is 26.6 Å². The Bertz CT molecular complexity index is 945. The van der Waals surface area contributed by atoms with E-state index in [1.807, 2.05) is 48.5 Å². The summed E-state index contributed by atoms with van der Waals surface area (Å²) in [5.74, 6) is 0.839. The predicted octanol–water partition coefficient (Wildman–Crippen LogP) is 3.20. The first kappa shape index (κ1) is 14.5. The standard InChI is InChI=1S/C17H14N2O2S2/c20-16(18-9-10-22-14-7-3-1-5-12(14)18)11-19-13-6-2-4-8-15(13)23-17(19)21/h1-8H,9-11H2. The van der Waals surface area contributed by atoms with E-state index in [0.29, 0.717) is 6.54 Å². The van der Waals surface area contributed by atoms with E-state index in [1.54, 1.807) is 21.2 Å². The molecule has 23 heavy (non-hydrogen) atoms. The maximum Gasteiger partial charge on any atom is 0.308 e. The Morgan fingerprint density at radius 3 is 2.78 bits per heavy atom. The number of anilines is 1. The lowest BCUT2D eigenvalue weighted by molar-refractivity contribution is -0.119. The second-order valence-corrected chi connectivity index (χ2v) is 7.41. The van der Waals surface area contributed by atoms with Crippen molar-refractivity contribution in [3.8, 4) is 0 Å². The van der Waals surface area contributed by atoms with Crippen LogP contribution in [0.25, 0.3) is 10.2 Å². The van der Waals surface area contributed by atoms with Crippen LogP contribution in [0.1, 0.15) is 0 Å². The average Bonchev–Trinajstić information content (AvgIpc) is 2.90. The van der Waals surface area contributed by atoms with E-state index in [1.165, 1.54) is 11.3 Å². The van der Waals surface area contributed by atoms with Crippen molar-refractivity contribution in [1.29, 1.82) is 0 Å². The van der Waals surface area contributed by atoms with E-state index in [9.17, 15) is 9.59 Å². The minimum atomic E-state index is -0.0841. The molecule has 0 saturated heterocycles. The third kappa shape index (κ3) is 2.58. The molecule has 6 heteroatoms. The van der Waals surface area contributed by atoms with Gasteiger partial charge in [0.1, 0.15) is 6.54 Å². The number of hydrogen-bond acceptors (Lipinski definition) is 4. The summed E-state index contributed by atoms with van der Waals surface area (Å²) in [6.45, 7) is 0.763. The van der Waals surface area contributed by atoms with Gasteiger partial charge in [-0.2, -0.15) is 0 Å². The van der Waals surface area contributed by atoms with E-state index >= 15 is 0 Å². The molecular formula is C17H14N2O2S2. The molecule has 1 amide bonds. The topological polar surface area (TPSA) is 42.3 Å². The normalized spacial score (nSPS) is 14.0. The van der Waals surface area contributed by atoms with E-state index < -0.39 is 0 Å². The molecule has 0 spiro atoms. The number of aromatic nitrogens is 1. The summed E-state index contributed by atoms with van der Waals surface area (Å²) >= 11 is 2.95. The molecule has 2 aromatic carbocycles. The summed E-state index contributed by atoms with van der Waals surface area (Å²) in [6.07, 6.45) is 0. The first-order valence-electron chi connectivity index (χ1n) is 7.34. The Morgan fingerprint density at radius 1 is 1.09 bits per heavy atom. The minimum absolute atomic E-state index is 0.0385. The van der Waals surface area contributed by atoms with Crippen LogP contribution in [0, 0.1) is 0 Å². The van der Waals surface area contributed by atoms with Crippen molar-refractivity contribution in [3.05, 3.63) is 58.2 Å². The zero-order valence-electron chi connectivity index (χ0n) is 12.3. The molecule has 0 aliphatic carbocycles. The number of amides is 1. The van der Waals surface area contributed by atoms with Crippen molar-refractivity contribution in [1.82, 2.24) is 4.57 Å². The molecule has 0 N–H and O–H groups in total. The zero-order valence-corrected chi connectivity index (χ0v) is 13.9. The molecule has 2 heterocycles. The minimum Gasteiger partial charge on any atom is -0.309 e. The van der Waals surface area contributed by atoms with Gasteiger partial charge in [-0.3, -0.25) is 14.2 Å². The first-order chi connectivity index (χ1) is 11.2. The predicted molar refractivity (Wildman–Crippen MR) is 95.6 cm³/mol. The molecule has 4 nitrogen and oxygen atoms in total. The SMILES string of the molecule is O=C(Cn1c(=O)sc2ccccc21)N1CCSc2ccccc21. The van der Waals surface area contributed by atoms with Gasteiger partial charge in [0.2, 0.25) is 5.91 Å². The third-order valence-electron chi connectivity index (χ3n) is 3.90. The number of fused-ring (bicyclic) bond motifs is 2. The van der Waals surface area contributed by atoms with Gasteiger partial charge in [-0.05, 0) is 24.3 Å². The van der Waals surface area contributed by atoms with Crippen molar-refractivity contribution < 1.29 is 4.79 Å². The summed E-state index contributed by atoms with van der Waals surface area (Å²) < 4.78 is 2.49.